The van der Waals surface area contributed by atoms with Crippen LogP contribution in [0.25, 0.3) is 0 Å². The van der Waals surface area contributed by atoms with Gasteiger partial charge in [-0.1, -0.05) is 0 Å². The largest absolute Gasteiger partial charge is 0.478 e. The second-order valence-corrected chi connectivity index (χ2v) is 4.68. The minimum atomic E-state index is -1.11. The first-order valence-electron chi connectivity index (χ1n) is 6.27. The Morgan fingerprint density at radius 1 is 1.47 bits per heavy atom. The zero-order chi connectivity index (χ0) is 13.8. The van der Waals surface area contributed by atoms with E-state index in [2.05, 4.69) is 0 Å². The lowest BCUT2D eigenvalue weighted by Gasteiger charge is -2.26. The predicted octanol–water partition coefficient (Wildman–Crippen LogP) is 1.62. The van der Waals surface area contributed by atoms with Gasteiger partial charge in [0.05, 0.1) is 11.7 Å². The third-order valence-electron chi connectivity index (χ3n) is 3.16. The van der Waals surface area contributed by atoms with Gasteiger partial charge in [-0.25, -0.2) is 4.79 Å². The van der Waals surface area contributed by atoms with E-state index >= 15 is 0 Å². The van der Waals surface area contributed by atoms with Gasteiger partial charge in [-0.15, -0.1) is 0 Å². The SMILES string of the molecule is CN(CC1CCCCO1)C(=O)c1cc(C(=O)O)co1. The predicted molar refractivity (Wildman–Crippen MR) is 66.2 cm³/mol. The Hall–Kier alpha value is -1.82. The molecule has 0 saturated carbocycles. The molecule has 0 radical (unpaired) electrons. The quantitative estimate of drug-likeness (QED) is 0.896. The summed E-state index contributed by atoms with van der Waals surface area (Å²) in [6.45, 7) is 1.22. The van der Waals surface area contributed by atoms with Crippen LogP contribution in [0.1, 0.15) is 40.2 Å². The first-order chi connectivity index (χ1) is 9.08. The zero-order valence-electron chi connectivity index (χ0n) is 10.8. The van der Waals surface area contributed by atoms with Crippen molar-refractivity contribution in [3.05, 3.63) is 23.7 Å². The van der Waals surface area contributed by atoms with E-state index < -0.39 is 5.97 Å². The molecule has 0 aromatic carbocycles. The fraction of sp³-hybridized carbons (Fsp3) is 0.538. The molecular weight excluding hydrogens is 250 g/mol. The number of hydrogen-bond donors (Lipinski definition) is 1. The van der Waals surface area contributed by atoms with E-state index in [1.807, 2.05) is 0 Å². The first-order valence-corrected chi connectivity index (χ1v) is 6.27. The lowest BCUT2D eigenvalue weighted by molar-refractivity contribution is -0.000709. The first kappa shape index (κ1) is 13.6. The van der Waals surface area contributed by atoms with Crippen LogP contribution in [0.3, 0.4) is 0 Å². The zero-order valence-corrected chi connectivity index (χ0v) is 10.8. The molecule has 19 heavy (non-hydrogen) atoms. The van der Waals surface area contributed by atoms with Crippen molar-refractivity contribution in [2.75, 3.05) is 20.2 Å². The van der Waals surface area contributed by atoms with Crippen LogP contribution in [0, 0.1) is 0 Å². The van der Waals surface area contributed by atoms with Gasteiger partial charge < -0.3 is 19.2 Å². The Labute approximate surface area is 110 Å². The molecule has 1 aromatic heterocycles. The fourth-order valence-electron chi connectivity index (χ4n) is 2.09. The summed E-state index contributed by atoms with van der Waals surface area (Å²) in [4.78, 5) is 24.3. The van der Waals surface area contributed by atoms with Gasteiger partial charge in [-0.05, 0) is 19.3 Å². The van der Waals surface area contributed by atoms with E-state index in [1.54, 1.807) is 7.05 Å². The van der Waals surface area contributed by atoms with Crippen LogP contribution in [0.5, 0.6) is 0 Å². The fourth-order valence-corrected chi connectivity index (χ4v) is 2.09. The minimum absolute atomic E-state index is 0.0225. The number of hydrogen-bond acceptors (Lipinski definition) is 4. The van der Waals surface area contributed by atoms with Crippen molar-refractivity contribution < 1.29 is 23.8 Å². The van der Waals surface area contributed by atoms with Crippen LogP contribution >= 0.6 is 0 Å². The summed E-state index contributed by atoms with van der Waals surface area (Å²) in [5.74, 6) is -1.40. The summed E-state index contributed by atoms with van der Waals surface area (Å²) in [7, 11) is 1.66. The lowest BCUT2D eigenvalue weighted by atomic mass is 10.1. The van der Waals surface area contributed by atoms with Crippen LogP contribution in [0.4, 0.5) is 0 Å². The van der Waals surface area contributed by atoms with E-state index in [4.69, 9.17) is 14.3 Å². The number of ether oxygens (including phenoxy) is 1. The van der Waals surface area contributed by atoms with E-state index in [9.17, 15) is 9.59 Å². The lowest BCUT2D eigenvalue weighted by Crippen LogP contribution is -2.37. The molecule has 1 amide bonds. The van der Waals surface area contributed by atoms with Crippen molar-refractivity contribution >= 4 is 11.9 Å². The molecule has 1 aromatic rings. The summed E-state index contributed by atoms with van der Waals surface area (Å²) in [5.41, 5.74) is -0.0225. The van der Waals surface area contributed by atoms with Crippen molar-refractivity contribution in [2.24, 2.45) is 0 Å². The smallest absolute Gasteiger partial charge is 0.338 e. The van der Waals surface area contributed by atoms with Crippen LogP contribution in [-0.4, -0.2) is 48.2 Å². The van der Waals surface area contributed by atoms with E-state index in [1.165, 1.54) is 11.0 Å². The van der Waals surface area contributed by atoms with E-state index in [-0.39, 0.29) is 23.3 Å². The second kappa shape index (κ2) is 5.88. The third-order valence-corrected chi connectivity index (χ3v) is 3.16. The Morgan fingerprint density at radius 2 is 2.26 bits per heavy atom. The minimum Gasteiger partial charge on any atom is -0.478 e. The van der Waals surface area contributed by atoms with Gasteiger partial charge in [-0.3, -0.25) is 4.79 Å². The molecule has 1 N–H and O–H groups in total. The van der Waals surface area contributed by atoms with Crippen molar-refractivity contribution in [3.8, 4) is 0 Å². The number of likely N-dealkylation sites (N-methyl/N-ethyl adjacent to an activating group) is 1. The molecule has 104 valence electrons. The standard InChI is InChI=1S/C13H17NO5/c1-14(7-10-4-2-3-5-18-10)12(15)11-6-9(8-19-11)13(16)17/h6,8,10H,2-5,7H2,1H3,(H,16,17). The molecular formula is C13H17NO5. The highest BCUT2D eigenvalue weighted by molar-refractivity contribution is 5.95. The monoisotopic (exact) mass is 267 g/mol. The van der Waals surface area contributed by atoms with Gasteiger partial charge in [0.1, 0.15) is 6.26 Å². The highest BCUT2D eigenvalue weighted by atomic mass is 16.5. The van der Waals surface area contributed by atoms with Crippen LogP contribution in [-0.2, 0) is 4.74 Å². The molecule has 1 aliphatic rings. The molecule has 2 heterocycles. The molecule has 1 atom stereocenters. The van der Waals surface area contributed by atoms with Crippen LogP contribution in [0.2, 0.25) is 0 Å². The van der Waals surface area contributed by atoms with Gasteiger partial charge in [-0.2, -0.15) is 0 Å². The maximum atomic E-state index is 12.0. The van der Waals surface area contributed by atoms with Crippen LogP contribution < -0.4 is 0 Å². The van der Waals surface area contributed by atoms with Crippen molar-refractivity contribution in [2.45, 2.75) is 25.4 Å². The summed E-state index contributed by atoms with van der Waals surface area (Å²) < 4.78 is 10.5. The van der Waals surface area contributed by atoms with Gasteiger partial charge in [0.25, 0.3) is 5.91 Å². The molecule has 1 fully saturated rings. The van der Waals surface area contributed by atoms with Gasteiger partial charge >= 0.3 is 5.97 Å². The molecule has 2 rings (SSSR count). The van der Waals surface area contributed by atoms with Crippen molar-refractivity contribution in [1.82, 2.24) is 4.90 Å². The average molecular weight is 267 g/mol. The number of carbonyl (C=O) groups excluding carboxylic acids is 1. The number of rotatable bonds is 4. The number of nitrogens with zero attached hydrogens (tertiary/aromatic N) is 1. The molecule has 6 nitrogen and oxygen atoms in total. The number of furan rings is 1. The molecule has 6 heteroatoms. The van der Waals surface area contributed by atoms with Crippen molar-refractivity contribution in [1.29, 1.82) is 0 Å². The summed E-state index contributed by atoms with van der Waals surface area (Å²) in [6.07, 6.45) is 4.23. The van der Waals surface area contributed by atoms with E-state index in [0.717, 1.165) is 32.1 Å². The molecule has 1 unspecified atom stereocenters. The highest BCUT2D eigenvalue weighted by Gasteiger charge is 2.22. The van der Waals surface area contributed by atoms with Gasteiger partial charge in [0.2, 0.25) is 0 Å². The Balaban J connectivity index is 1.95. The number of amides is 1. The topological polar surface area (TPSA) is 80.0 Å². The highest BCUT2D eigenvalue weighted by Crippen LogP contribution is 2.15. The Morgan fingerprint density at radius 3 is 2.84 bits per heavy atom. The Bertz CT molecular complexity index is 461. The van der Waals surface area contributed by atoms with Crippen molar-refractivity contribution in [3.63, 3.8) is 0 Å². The summed E-state index contributed by atoms with van der Waals surface area (Å²) >= 11 is 0. The molecule has 1 saturated heterocycles. The summed E-state index contributed by atoms with van der Waals surface area (Å²) in [5, 5.41) is 8.77. The number of aromatic carboxylic acids is 1. The maximum absolute atomic E-state index is 12.0. The van der Waals surface area contributed by atoms with E-state index in [0.29, 0.717) is 6.54 Å². The maximum Gasteiger partial charge on any atom is 0.338 e. The molecule has 0 bridgehead atoms. The molecule has 1 aliphatic heterocycles. The summed E-state index contributed by atoms with van der Waals surface area (Å²) in [6, 6.07) is 1.24. The number of carboxylic acid groups (broad SMARTS) is 1. The third kappa shape index (κ3) is 3.35. The molecule has 0 spiro atoms. The second-order valence-electron chi connectivity index (χ2n) is 4.68. The van der Waals surface area contributed by atoms with Gasteiger partial charge in [0.15, 0.2) is 5.76 Å². The number of carboxylic acids is 1. The normalized spacial score (nSPS) is 19.1. The number of carbonyl (C=O) groups is 2. The average Bonchev–Trinajstić information content (AvgIpc) is 2.88. The molecule has 0 aliphatic carbocycles. The van der Waals surface area contributed by atoms with Gasteiger partial charge in [0, 0.05) is 26.3 Å². The Kier molecular flexibility index (Phi) is 4.21. The van der Waals surface area contributed by atoms with Crippen LogP contribution in [0.15, 0.2) is 16.7 Å².